The average Bonchev–Trinajstić information content (AvgIpc) is 2.39. The van der Waals surface area contributed by atoms with Crippen molar-refractivity contribution in [1.29, 1.82) is 0 Å². The van der Waals surface area contributed by atoms with Crippen LogP contribution in [0.15, 0.2) is 0 Å². The Hall–Kier alpha value is -1.10. The molecule has 1 heterocycles. The van der Waals surface area contributed by atoms with Crippen molar-refractivity contribution in [3.8, 4) is 0 Å². The second-order valence-electron chi connectivity index (χ2n) is 5.39. The molecule has 2 aliphatic rings. The van der Waals surface area contributed by atoms with E-state index in [9.17, 15) is 19.8 Å². The van der Waals surface area contributed by atoms with Crippen LogP contribution in [0.3, 0.4) is 0 Å². The van der Waals surface area contributed by atoms with E-state index in [0.717, 1.165) is 12.8 Å². The quantitative estimate of drug-likeness (QED) is 0.767. The van der Waals surface area contributed by atoms with Gasteiger partial charge >= 0.3 is 5.97 Å². The van der Waals surface area contributed by atoms with Crippen LogP contribution in [0.4, 0.5) is 0 Å². The number of carbonyl (C=O) groups is 2. The molecule has 5 nitrogen and oxygen atoms in total. The van der Waals surface area contributed by atoms with Crippen LogP contribution in [0, 0.1) is 11.8 Å². The van der Waals surface area contributed by atoms with Crippen molar-refractivity contribution in [2.75, 3.05) is 13.1 Å². The summed E-state index contributed by atoms with van der Waals surface area (Å²) in [5, 5.41) is 18.6. The minimum absolute atomic E-state index is 0.0194. The first-order valence-electron chi connectivity index (χ1n) is 6.79. The largest absolute Gasteiger partial charge is 0.481 e. The average molecular weight is 255 g/mol. The summed E-state index contributed by atoms with van der Waals surface area (Å²) in [6.07, 6.45) is 4.05. The summed E-state index contributed by atoms with van der Waals surface area (Å²) in [6.45, 7) is 1.12. The predicted octanol–water partition coefficient (Wildman–Crippen LogP) is 0.861. The van der Waals surface area contributed by atoms with Crippen LogP contribution < -0.4 is 0 Å². The maximum absolute atomic E-state index is 12.4. The van der Waals surface area contributed by atoms with E-state index in [0.29, 0.717) is 38.8 Å². The van der Waals surface area contributed by atoms with Gasteiger partial charge in [0, 0.05) is 13.1 Å². The molecule has 5 heteroatoms. The Morgan fingerprint density at radius 3 is 2.06 bits per heavy atom. The third kappa shape index (κ3) is 2.83. The van der Waals surface area contributed by atoms with Gasteiger partial charge in [0.05, 0.1) is 17.9 Å². The molecule has 0 radical (unpaired) electrons. The Bertz CT molecular complexity index is 323. The van der Waals surface area contributed by atoms with Crippen LogP contribution in [0.25, 0.3) is 0 Å². The summed E-state index contributed by atoms with van der Waals surface area (Å²) in [5.74, 6) is -1.73. The number of piperidine rings is 1. The zero-order valence-electron chi connectivity index (χ0n) is 10.5. The third-order valence-electron chi connectivity index (χ3n) is 4.18. The first kappa shape index (κ1) is 13.3. The summed E-state index contributed by atoms with van der Waals surface area (Å²) < 4.78 is 0. The normalized spacial score (nSPS) is 30.2. The van der Waals surface area contributed by atoms with E-state index in [-0.39, 0.29) is 17.9 Å². The number of rotatable bonds is 2. The fraction of sp³-hybridized carbons (Fsp3) is 0.846. The Morgan fingerprint density at radius 2 is 1.50 bits per heavy atom. The molecular weight excluding hydrogens is 234 g/mol. The number of carboxylic acid groups (broad SMARTS) is 1. The Morgan fingerprint density at radius 1 is 0.944 bits per heavy atom. The molecule has 1 saturated heterocycles. The van der Waals surface area contributed by atoms with Gasteiger partial charge in [-0.1, -0.05) is 12.8 Å². The van der Waals surface area contributed by atoms with Gasteiger partial charge in [-0.25, -0.2) is 0 Å². The van der Waals surface area contributed by atoms with Crippen LogP contribution in [-0.2, 0) is 9.59 Å². The lowest BCUT2D eigenvalue weighted by atomic mass is 9.78. The van der Waals surface area contributed by atoms with E-state index in [2.05, 4.69) is 0 Å². The van der Waals surface area contributed by atoms with Gasteiger partial charge in [0.2, 0.25) is 5.91 Å². The number of likely N-dealkylation sites (tertiary alicyclic amines) is 1. The second kappa shape index (κ2) is 5.69. The van der Waals surface area contributed by atoms with Crippen molar-refractivity contribution in [1.82, 2.24) is 4.90 Å². The van der Waals surface area contributed by atoms with Crippen LogP contribution in [0.2, 0.25) is 0 Å². The number of aliphatic carboxylic acids is 1. The molecule has 102 valence electrons. The van der Waals surface area contributed by atoms with Gasteiger partial charge < -0.3 is 15.1 Å². The summed E-state index contributed by atoms with van der Waals surface area (Å²) in [5.41, 5.74) is 0. The number of carboxylic acids is 1. The summed E-state index contributed by atoms with van der Waals surface area (Å²) >= 11 is 0. The summed E-state index contributed by atoms with van der Waals surface area (Å²) in [7, 11) is 0. The zero-order chi connectivity index (χ0) is 13.1. The molecule has 1 amide bonds. The Labute approximate surface area is 107 Å². The highest BCUT2D eigenvalue weighted by molar-refractivity contribution is 5.85. The van der Waals surface area contributed by atoms with E-state index >= 15 is 0 Å². The van der Waals surface area contributed by atoms with E-state index in [1.165, 1.54) is 0 Å². The van der Waals surface area contributed by atoms with Crippen molar-refractivity contribution < 1.29 is 19.8 Å². The van der Waals surface area contributed by atoms with Crippen LogP contribution in [-0.4, -0.2) is 46.2 Å². The first-order chi connectivity index (χ1) is 8.59. The van der Waals surface area contributed by atoms with Crippen LogP contribution in [0.1, 0.15) is 38.5 Å². The third-order valence-corrected chi connectivity index (χ3v) is 4.18. The molecule has 1 aliphatic carbocycles. The molecule has 2 fully saturated rings. The zero-order valence-corrected chi connectivity index (χ0v) is 10.5. The van der Waals surface area contributed by atoms with Crippen molar-refractivity contribution >= 4 is 11.9 Å². The van der Waals surface area contributed by atoms with Crippen molar-refractivity contribution in [3.05, 3.63) is 0 Å². The molecule has 2 N–H and O–H groups in total. The Kier molecular flexibility index (Phi) is 4.22. The number of carbonyl (C=O) groups excluding carboxylic acids is 1. The molecule has 1 saturated carbocycles. The minimum atomic E-state index is -0.843. The van der Waals surface area contributed by atoms with Gasteiger partial charge in [-0.15, -0.1) is 0 Å². The molecule has 2 unspecified atom stereocenters. The fourth-order valence-electron chi connectivity index (χ4n) is 3.04. The Balaban J connectivity index is 2.00. The molecule has 0 aromatic rings. The predicted molar refractivity (Wildman–Crippen MR) is 64.9 cm³/mol. The number of amides is 1. The number of aliphatic hydroxyl groups is 1. The fourth-order valence-corrected chi connectivity index (χ4v) is 3.04. The standard InChI is InChI=1S/C13H21NO4/c15-9-5-7-14(8-6-9)12(16)10-3-1-2-4-11(10)13(17)18/h9-11,15H,1-8H2,(H,17,18). The summed E-state index contributed by atoms with van der Waals surface area (Å²) in [4.78, 5) is 25.3. The molecule has 2 rings (SSSR count). The van der Waals surface area contributed by atoms with Crippen LogP contribution >= 0.6 is 0 Å². The van der Waals surface area contributed by atoms with Crippen LogP contribution in [0.5, 0.6) is 0 Å². The molecule has 1 aliphatic heterocycles. The highest BCUT2D eigenvalue weighted by Crippen LogP contribution is 2.32. The minimum Gasteiger partial charge on any atom is -0.481 e. The van der Waals surface area contributed by atoms with Gasteiger partial charge in [-0.2, -0.15) is 0 Å². The molecule has 0 aromatic heterocycles. The van der Waals surface area contributed by atoms with Crippen molar-refractivity contribution in [3.63, 3.8) is 0 Å². The van der Waals surface area contributed by atoms with Gasteiger partial charge in [0.15, 0.2) is 0 Å². The monoisotopic (exact) mass is 255 g/mol. The molecule has 0 bridgehead atoms. The molecule has 18 heavy (non-hydrogen) atoms. The van der Waals surface area contributed by atoms with Crippen molar-refractivity contribution in [2.24, 2.45) is 11.8 Å². The topological polar surface area (TPSA) is 77.8 Å². The lowest BCUT2D eigenvalue weighted by Crippen LogP contribution is -2.46. The highest BCUT2D eigenvalue weighted by atomic mass is 16.4. The number of hydrogen-bond acceptors (Lipinski definition) is 3. The smallest absolute Gasteiger partial charge is 0.307 e. The van der Waals surface area contributed by atoms with E-state index in [4.69, 9.17) is 0 Å². The first-order valence-corrected chi connectivity index (χ1v) is 6.79. The summed E-state index contributed by atoms with van der Waals surface area (Å²) in [6, 6.07) is 0. The number of aliphatic hydroxyl groups excluding tert-OH is 1. The van der Waals surface area contributed by atoms with Crippen molar-refractivity contribution in [2.45, 2.75) is 44.6 Å². The lowest BCUT2D eigenvalue weighted by Gasteiger charge is -2.35. The van der Waals surface area contributed by atoms with Gasteiger partial charge in [0.25, 0.3) is 0 Å². The highest BCUT2D eigenvalue weighted by Gasteiger charge is 2.38. The second-order valence-corrected chi connectivity index (χ2v) is 5.39. The van der Waals surface area contributed by atoms with Gasteiger partial charge in [-0.05, 0) is 25.7 Å². The SMILES string of the molecule is O=C(O)C1CCCCC1C(=O)N1CCC(O)CC1. The van der Waals surface area contributed by atoms with E-state index in [1.807, 2.05) is 0 Å². The van der Waals surface area contributed by atoms with Gasteiger partial charge in [-0.3, -0.25) is 9.59 Å². The molecule has 0 aromatic carbocycles. The number of hydrogen-bond donors (Lipinski definition) is 2. The van der Waals surface area contributed by atoms with E-state index < -0.39 is 11.9 Å². The number of nitrogens with zero attached hydrogens (tertiary/aromatic N) is 1. The maximum atomic E-state index is 12.4. The molecule has 0 spiro atoms. The lowest BCUT2D eigenvalue weighted by molar-refractivity contribution is -0.153. The molecular formula is C13H21NO4. The van der Waals surface area contributed by atoms with E-state index in [1.54, 1.807) is 4.90 Å². The maximum Gasteiger partial charge on any atom is 0.307 e. The molecule has 2 atom stereocenters. The van der Waals surface area contributed by atoms with Gasteiger partial charge in [0.1, 0.15) is 0 Å².